The summed E-state index contributed by atoms with van der Waals surface area (Å²) >= 11 is 5.79. The average molecular weight is 570 g/mol. The van der Waals surface area contributed by atoms with E-state index in [9.17, 15) is 0 Å². The van der Waals surface area contributed by atoms with Gasteiger partial charge in [0.25, 0.3) is 0 Å². The summed E-state index contributed by atoms with van der Waals surface area (Å²) in [5.74, 6) is 2.02. The average Bonchev–Trinajstić information content (AvgIpc) is 3.66. The molecule has 7 rings (SSSR count). The lowest BCUT2D eigenvalue weighted by atomic mass is 10.1. The fourth-order valence-corrected chi connectivity index (χ4v) is 4.79. The largest absolute Gasteiger partial charge is 0.418 e. The van der Waals surface area contributed by atoms with E-state index in [1.807, 2.05) is 60.7 Å². The van der Waals surface area contributed by atoms with Gasteiger partial charge in [-0.15, -0.1) is 0 Å². The third kappa shape index (κ3) is 6.07. The fourth-order valence-electron chi connectivity index (χ4n) is 4.65. The molecule has 9 nitrogen and oxygen atoms in total. The van der Waals surface area contributed by atoms with Crippen LogP contribution in [0.2, 0.25) is 5.15 Å². The maximum absolute atomic E-state index is 9.11. The first-order chi connectivity index (χ1) is 20.1. The number of aliphatic hydroxyl groups excluding tert-OH is 2. The van der Waals surface area contributed by atoms with Crippen molar-refractivity contribution in [2.45, 2.75) is 32.5 Å². The van der Waals surface area contributed by atoms with Crippen molar-refractivity contribution in [2.75, 3.05) is 18.0 Å². The second kappa shape index (κ2) is 12.1. The Morgan fingerprint density at radius 2 is 1.12 bits per heavy atom. The number of benzene rings is 2. The molecule has 0 saturated carbocycles. The maximum atomic E-state index is 9.11. The predicted octanol–water partition coefficient (Wildman–Crippen LogP) is 6.41. The zero-order valence-electron chi connectivity index (χ0n) is 22.2. The Kier molecular flexibility index (Phi) is 7.91. The molecule has 41 heavy (non-hydrogen) atoms. The summed E-state index contributed by atoms with van der Waals surface area (Å²) in [5, 5.41) is 18.5. The molecule has 2 N–H and O–H groups in total. The van der Waals surface area contributed by atoms with Crippen LogP contribution < -0.4 is 4.90 Å². The Labute approximate surface area is 241 Å². The summed E-state index contributed by atoms with van der Waals surface area (Å²) in [4.78, 5) is 19.8. The highest BCUT2D eigenvalue weighted by molar-refractivity contribution is 6.29. The van der Waals surface area contributed by atoms with Crippen molar-refractivity contribution in [2.24, 2.45) is 0 Å². The highest BCUT2D eigenvalue weighted by atomic mass is 35.5. The topological polar surface area (TPSA) is 122 Å². The van der Waals surface area contributed by atoms with Gasteiger partial charge in [0.05, 0.1) is 13.2 Å². The number of oxazole rings is 2. The molecule has 0 amide bonds. The van der Waals surface area contributed by atoms with Crippen LogP contribution in [0.15, 0.2) is 81.6 Å². The van der Waals surface area contributed by atoms with Crippen molar-refractivity contribution < 1.29 is 19.0 Å². The van der Waals surface area contributed by atoms with Gasteiger partial charge in [0.1, 0.15) is 22.0 Å². The molecular weight excluding hydrogens is 542 g/mol. The smallest absolute Gasteiger partial charge is 0.249 e. The first-order valence-electron chi connectivity index (χ1n) is 13.5. The molecule has 4 aromatic heterocycles. The summed E-state index contributed by atoms with van der Waals surface area (Å²) in [7, 11) is 0. The normalized spacial score (nSPS) is 13.4. The Hall–Kier alpha value is -4.31. The third-order valence-electron chi connectivity index (χ3n) is 6.91. The van der Waals surface area contributed by atoms with Crippen molar-refractivity contribution in [3.05, 3.63) is 89.1 Å². The maximum Gasteiger partial charge on any atom is 0.249 e. The van der Waals surface area contributed by atoms with Crippen LogP contribution in [0, 0.1) is 0 Å². The molecule has 0 unspecified atom stereocenters. The van der Waals surface area contributed by atoms with E-state index in [-0.39, 0.29) is 13.2 Å². The minimum absolute atomic E-state index is 0.0189. The van der Waals surface area contributed by atoms with Crippen LogP contribution >= 0.6 is 11.6 Å². The third-order valence-corrected chi connectivity index (χ3v) is 7.12. The van der Waals surface area contributed by atoms with Gasteiger partial charge in [0, 0.05) is 24.2 Å². The molecule has 10 heteroatoms. The van der Waals surface area contributed by atoms with Gasteiger partial charge in [-0.1, -0.05) is 35.9 Å². The van der Waals surface area contributed by atoms with Crippen molar-refractivity contribution in [3.63, 3.8) is 0 Å². The quantitative estimate of drug-likeness (QED) is 0.227. The van der Waals surface area contributed by atoms with E-state index in [4.69, 9.17) is 30.6 Å². The number of piperidine rings is 1. The number of pyridine rings is 2. The van der Waals surface area contributed by atoms with Gasteiger partial charge in [-0.2, -0.15) is 9.97 Å². The summed E-state index contributed by atoms with van der Waals surface area (Å²) in [6.07, 6.45) is 3.74. The number of anilines is 1. The molecule has 0 radical (unpaired) electrons. The van der Waals surface area contributed by atoms with Crippen LogP contribution in [0.4, 0.5) is 5.82 Å². The van der Waals surface area contributed by atoms with Gasteiger partial charge in [0.2, 0.25) is 23.2 Å². The predicted molar refractivity (Wildman–Crippen MR) is 157 cm³/mol. The van der Waals surface area contributed by atoms with Crippen molar-refractivity contribution in [1.29, 1.82) is 0 Å². The van der Waals surface area contributed by atoms with Crippen molar-refractivity contribution in [1.82, 2.24) is 19.9 Å². The summed E-state index contributed by atoms with van der Waals surface area (Å²) < 4.78 is 11.4. The molecule has 0 bridgehead atoms. The molecule has 1 aliphatic heterocycles. The Bertz CT molecular complexity index is 1760. The summed E-state index contributed by atoms with van der Waals surface area (Å²) in [6, 6.07) is 22.3. The number of hydrogen-bond donors (Lipinski definition) is 2. The van der Waals surface area contributed by atoms with Gasteiger partial charge < -0.3 is 23.9 Å². The fraction of sp³-hybridized carbons (Fsp3) is 0.226. The monoisotopic (exact) mass is 569 g/mol. The SMILES string of the molecule is OCc1ccc(-c2nc3ccc(Cl)nc3o2)cc1.OCc1ccc(-c2nc3ccc(N4CCCCC4)nc3o2)cc1. The van der Waals surface area contributed by atoms with Crippen molar-refractivity contribution >= 4 is 39.9 Å². The zero-order valence-corrected chi connectivity index (χ0v) is 23.0. The highest BCUT2D eigenvalue weighted by Gasteiger charge is 2.15. The number of fused-ring (bicyclic) bond motifs is 2. The second-order valence-corrected chi connectivity index (χ2v) is 10.1. The van der Waals surface area contributed by atoms with E-state index in [0.717, 1.165) is 46.7 Å². The summed E-state index contributed by atoms with van der Waals surface area (Å²) in [5.41, 5.74) is 5.87. The molecule has 0 spiro atoms. The highest BCUT2D eigenvalue weighted by Crippen LogP contribution is 2.27. The van der Waals surface area contributed by atoms with Gasteiger partial charge in [-0.05, 0) is 78.9 Å². The number of halogens is 1. The molecule has 1 aliphatic rings. The van der Waals surface area contributed by atoms with Crippen LogP contribution in [0.5, 0.6) is 0 Å². The number of aliphatic hydroxyl groups is 2. The molecule has 1 fully saturated rings. The lowest BCUT2D eigenvalue weighted by Crippen LogP contribution is -2.29. The van der Waals surface area contributed by atoms with Crippen LogP contribution in [0.25, 0.3) is 45.4 Å². The molecule has 2 aromatic carbocycles. The molecule has 0 atom stereocenters. The number of rotatable bonds is 5. The Balaban J connectivity index is 0.000000152. The van der Waals surface area contributed by atoms with E-state index in [1.165, 1.54) is 19.3 Å². The van der Waals surface area contributed by atoms with Crippen molar-refractivity contribution in [3.8, 4) is 22.9 Å². The van der Waals surface area contributed by atoms with Gasteiger partial charge in [-0.3, -0.25) is 0 Å². The number of nitrogens with zero attached hydrogens (tertiary/aromatic N) is 5. The van der Waals surface area contributed by atoms with Crippen LogP contribution in [-0.4, -0.2) is 43.2 Å². The van der Waals surface area contributed by atoms with Crippen LogP contribution in [0.3, 0.4) is 0 Å². The zero-order chi connectivity index (χ0) is 28.2. The molecule has 208 valence electrons. The molecule has 6 aromatic rings. The Morgan fingerprint density at radius 1 is 0.610 bits per heavy atom. The minimum Gasteiger partial charge on any atom is -0.418 e. The molecule has 0 aliphatic carbocycles. The standard InChI is InChI=1S/C18H19N3O2.C13H9ClN2O2/c22-12-13-4-6-14(7-5-13)17-19-15-8-9-16(20-18(15)23-17)21-10-2-1-3-11-21;14-11-6-5-10-13(16-11)18-12(15-10)9-3-1-8(7-17)2-4-9/h4-9,22H,1-3,10-12H2;1-6,17H,7H2. The number of aromatic nitrogens is 4. The van der Waals surface area contributed by atoms with Gasteiger partial charge >= 0.3 is 0 Å². The number of hydrogen-bond acceptors (Lipinski definition) is 9. The molecular formula is C31H28ClN5O4. The second-order valence-electron chi connectivity index (χ2n) is 9.75. The van der Waals surface area contributed by atoms with Gasteiger partial charge in [-0.25, -0.2) is 9.97 Å². The Morgan fingerprint density at radius 3 is 1.66 bits per heavy atom. The molecule has 5 heterocycles. The lowest BCUT2D eigenvalue weighted by Gasteiger charge is -2.27. The van der Waals surface area contributed by atoms with E-state index >= 15 is 0 Å². The van der Waals surface area contributed by atoms with E-state index in [1.54, 1.807) is 12.1 Å². The van der Waals surface area contributed by atoms with Gasteiger partial charge in [0.15, 0.2) is 0 Å². The van der Waals surface area contributed by atoms with Crippen LogP contribution in [-0.2, 0) is 13.2 Å². The van der Waals surface area contributed by atoms with E-state index in [0.29, 0.717) is 33.9 Å². The van der Waals surface area contributed by atoms with E-state index < -0.39 is 0 Å². The first-order valence-corrected chi connectivity index (χ1v) is 13.8. The molecule has 1 saturated heterocycles. The minimum atomic E-state index is 0.0189. The first kappa shape index (κ1) is 26.9. The lowest BCUT2D eigenvalue weighted by molar-refractivity contribution is 0.281. The van der Waals surface area contributed by atoms with Crippen LogP contribution in [0.1, 0.15) is 30.4 Å². The van der Waals surface area contributed by atoms with E-state index in [2.05, 4.69) is 24.8 Å². The summed E-state index contributed by atoms with van der Waals surface area (Å²) in [6.45, 7) is 2.17.